The van der Waals surface area contributed by atoms with Crippen LogP contribution in [0.2, 0.25) is 5.15 Å². The zero-order valence-corrected chi connectivity index (χ0v) is 11.5. The molecule has 18 heavy (non-hydrogen) atoms. The van der Waals surface area contributed by atoms with Crippen molar-refractivity contribution < 1.29 is 4.79 Å². The summed E-state index contributed by atoms with van der Waals surface area (Å²) in [6.07, 6.45) is 5.04. The molecule has 0 unspecified atom stereocenters. The Morgan fingerprint density at radius 3 is 2.61 bits per heavy atom. The first-order valence-corrected chi connectivity index (χ1v) is 6.72. The van der Waals surface area contributed by atoms with E-state index in [1.54, 1.807) is 0 Å². The Hall–Kier alpha value is -1.16. The summed E-state index contributed by atoms with van der Waals surface area (Å²) in [5.41, 5.74) is 0.338. The highest BCUT2D eigenvalue weighted by atomic mass is 35.5. The van der Waals surface area contributed by atoms with E-state index in [0.717, 1.165) is 31.8 Å². The predicted octanol–water partition coefficient (Wildman–Crippen LogP) is 2.64. The highest BCUT2D eigenvalue weighted by Crippen LogP contribution is 2.25. The van der Waals surface area contributed by atoms with E-state index >= 15 is 0 Å². The van der Waals surface area contributed by atoms with Gasteiger partial charge in [-0.05, 0) is 24.7 Å². The first kappa shape index (κ1) is 13.3. The number of hydrogen-bond acceptors (Lipinski definition) is 3. The van der Waals surface area contributed by atoms with Crippen LogP contribution in [0.5, 0.6) is 0 Å². The van der Waals surface area contributed by atoms with Crippen molar-refractivity contribution in [1.29, 1.82) is 0 Å². The molecular formula is C13H18ClN3O. The zero-order valence-electron chi connectivity index (χ0n) is 10.8. The van der Waals surface area contributed by atoms with Crippen LogP contribution >= 0.6 is 11.6 Å². The molecule has 4 nitrogen and oxygen atoms in total. The van der Waals surface area contributed by atoms with Crippen LogP contribution in [-0.2, 0) is 0 Å². The molecule has 0 saturated carbocycles. The third-order valence-corrected chi connectivity index (χ3v) is 3.78. The van der Waals surface area contributed by atoms with Crippen LogP contribution in [0.15, 0.2) is 12.4 Å². The van der Waals surface area contributed by atoms with Crippen molar-refractivity contribution in [3.63, 3.8) is 0 Å². The number of aromatic nitrogens is 2. The Bertz CT molecular complexity index is 428. The number of halogens is 1. The fraction of sp³-hybridized carbons (Fsp3) is 0.615. The zero-order chi connectivity index (χ0) is 13.1. The van der Waals surface area contributed by atoms with Gasteiger partial charge in [0.2, 0.25) is 0 Å². The second kappa shape index (κ2) is 5.65. The van der Waals surface area contributed by atoms with E-state index in [1.165, 1.54) is 12.4 Å². The van der Waals surface area contributed by atoms with Gasteiger partial charge in [0.1, 0.15) is 10.8 Å². The lowest BCUT2D eigenvalue weighted by atomic mass is 9.86. The van der Waals surface area contributed by atoms with Crippen molar-refractivity contribution in [2.24, 2.45) is 11.8 Å². The highest BCUT2D eigenvalue weighted by Gasteiger charge is 2.25. The minimum atomic E-state index is -0.0628. The Labute approximate surface area is 112 Å². The largest absolute Gasteiger partial charge is 0.337 e. The average molecular weight is 268 g/mol. The second-order valence-corrected chi connectivity index (χ2v) is 5.49. The van der Waals surface area contributed by atoms with Crippen molar-refractivity contribution in [3.05, 3.63) is 23.2 Å². The summed E-state index contributed by atoms with van der Waals surface area (Å²) in [7, 11) is 0. The van der Waals surface area contributed by atoms with Crippen LogP contribution < -0.4 is 0 Å². The lowest BCUT2D eigenvalue weighted by molar-refractivity contribution is 0.0661. The Morgan fingerprint density at radius 2 is 2.06 bits per heavy atom. The molecule has 0 N–H and O–H groups in total. The van der Waals surface area contributed by atoms with Crippen molar-refractivity contribution >= 4 is 17.5 Å². The summed E-state index contributed by atoms with van der Waals surface area (Å²) in [5, 5.41) is 0.262. The molecule has 1 aromatic rings. The van der Waals surface area contributed by atoms with Gasteiger partial charge in [0, 0.05) is 13.1 Å². The number of carbonyl (C=O) groups is 1. The summed E-state index contributed by atoms with van der Waals surface area (Å²) in [5.74, 6) is 1.35. The van der Waals surface area contributed by atoms with Gasteiger partial charge in [0.05, 0.1) is 12.4 Å². The molecule has 2 heterocycles. The van der Waals surface area contributed by atoms with Gasteiger partial charge >= 0.3 is 0 Å². The second-order valence-electron chi connectivity index (χ2n) is 5.10. The van der Waals surface area contributed by atoms with Crippen LogP contribution in [0.3, 0.4) is 0 Å². The molecule has 98 valence electrons. The molecular weight excluding hydrogens is 250 g/mol. The summed E-state index contributed by atoms with van der Waals surface area (Å²) in [6, 6.07) is 0. The first-order valence-electron chi connectivity index (χ1n) is 6.34. The van der Waals surface area contributed by atoms with Crippen LogP contribution in [0.4, 0.5) is 0 Å². The standard InChI is InChI=1S/C13H18ClN3O/c1-9(2)10-3-5-17(6-4-10)13(18)11-7-15-8-12(14)16-11/h7-10H,3-6H2,1-2H3. The molecule has 1 saturated heterocycles. The predicted molar refractivity (Wildman–Crippen MR) is 70.5 cm³/mol. The molecule has 1 aliphatic rings. The highest BCUT2D eigenvalue weighted by molar-refractivity contribution is 6.29. The number of rotatable bonds is 2. The third kappa shape index (κ3) is 2.99. The third-order valence-electron chi connectivity index (χ3n) is 3.59. The summed E-state index contributed by atoms with van der Waals surface area (Å²) < 4.78 is 0. The molecule has 0 radical (unpaired) electrons. The molecule has 0 atom stereocenters. The maximum atomic E-state index is 12.2. The van der Waals surface area contributed by atoms with Crippen molar-refractivity contribution in [2.45, 2.75) is 26.7 Å². The van der Waals surface area contributed by atoms with Gasteiger partial charge < -0.3 is 4.90 Å². The Morgan fingerprint density at radius 1 is 1.39 bits per heavy atom. The molecule has 1 amide bonds. The summed E-state index contributed by atoms with van der Waals surface area (Å²) in [4.78, 5) is 22.0. The van der Waals surface area contributed by atoms with E-state index < -0.39 is 0 Å². The topological polar surface area (TPSA) is 46.1 Å². The number of nitrogens with zero attached hydrogens (tertiary/aromatic N) is 3. The smallest absolute Gasteiger partial charge is 0.274 e. The normalized spacial score (nSPS) is 17.2. The summed E-state index contributed by atoms with van der Waals surface area (Å²) in [6.45, 7) is 6.08. The van der Waals surface area contributed by atoms with Gasteiger partial charge in [-0.1, -0.05) is 25.4 Å². The van der Waals surface area contributed by atoms with E-state index in [0.29, 0.717) is 11.6 Å². The maximum Gasteiger partial charge on any atom is 0.274 e. The van der Waals surface area contributed by atoms with E-state index in [4.69, 9.17) is 11.6 Å². The van der Waals surface area contributed by atoms with Crippen LogP contribution in [0.25, 0.3) is 0 Å². The lowest BCUT2D eigenvalue weighted by Crippen LogP contribution is -2.39. The van der Waals surface area contributed by atoms with Gasteiger partial charge in [0.25, 0.3) is 5.91 Å². The van der Waals surface area contributed by atoms with Crippen LogP contribution in [0.1, 0.15) is 37.2 Å². The fourth-order valence-corrected chi connectivity index (χ4v) is 2.52. The fourth-order valence-electron chi connectivity index (χ4n) is 2.38. The van der Waals surface area contributed by atoms with E-state index in [9.17, 15) is 4.79 Å². The van der Waals surface area contributed by atoms with Gasteiger partial charge in [-0.2, -0.15) is 0 Å². The number of amides is 1. The van der Waals surface area contributed by atoms with Crippen molar-refractivity contribution in [2.75, 3.05) is 13.1 Å². The average Bonchev–Trinajstić information content (AvgIpc) is 2.38. The van der Waals surface area contributed by atoms with Gasteiger partial charge in [-0.15, -0.1) is 0 Å². The maximum absolute atomic E-state index is 12.2. The SMILES string of the molecule is CC(C)C1CCN(C(=O)c2cncc(Cl)n2)CC1. The Kier molecular flexibility index (Phi) is 4.17. The molecule has 2 rings (SSSR count). The van der Waals surface area contributed by atoms with Gasteiger partial charge in [0.15, 0.2) is 0 Å². The monoisotopic (exact) mass is 267 g/mol. The van der Waals surface area contributed by atoms with Gasteiger partial charge in [-0.3, -0.25) is 9.78 Å². The molecule has 0 spiro atoms. The first-order chi connectivity index (χ1) is 8.58. The van der Waals surface area contributed by atoms with E-state index in [1.807, 2.05) is 4.90 Å². The van der Waals surface area contributed by atoms with Crippen LogP contribution in [-0.4, -0.2) is 33.9 Å². The number of hydrogen-bond donors (Lipinski definition) is 0. The number of carbonyl (C=O) groups excluding carboxylic acids is 1. The number of likely N-dealkylation sites (tertiary alicyclic amines) is 1. The van der Waals surface area contributed by atoms with E-state index in [-0.39, 0.29) is 11.1 Å². The molecule has 0 aliphatic carbocycles. The van der Waals surface area contributed by atoms with Gasteiger partial charge in [-0.25, -0.2) is 4.98 Å². The van der Waals surface area contributed by atoms with Crippen molar-refractivity contribution in [3.8, 4) is 0 Å². The molecule has 0 aromatic carbocycles. The minimum Gasteiger partial charge on any atom is -0.337 e. The molecule has 1 aromatic heterocycles. The minimum absolute atomic E-state index is 0.0628. The number of piperidine rings is 1. The summed E-state index contributed by atoms with van der Waals surface area (Å²) >= 11 is 5.75. The molecule has 1 fully saturated rings. The molecule has 0 bridgehead atoms. The Balaban J connectivity index is 1.99. The molecule has 5 heteroatoms. The van der Waals surface area contributed by atoms with Crippen molar-refractivity contribution in [1.82, 2.24) is 14.9 Å². The van der Waals surface area contributed by atoms with E-state index in [2.05, 4.69) is 23.8 Å². The lowest BCUT2D eigenvalue weighted by Gasteiger charge is -2.33. The molecule has 1 aliphatic heterocycles. The van der Waals surface area contributed by atoms with Crippen LogP contribution in [0, 0.1) is 11.8 Å². The quantitative estimate of drug-likeness (QED) is 0.828.